The van der Waals surface area contributed by atoms with Crippen molar-refractivity contribution >= 4 is 29.7 Å². The van der Waals surface area contributed by atoms with Gasteiger partial charge in [0.15, 0.2) is 0 Å². The number of pyridine rings is 1. The standard InChI is InChI=1S/C25H27N5O4/c1-16-7-8-22-28-21(14-30(22)13-16)25(34)29-20(11-17-5-3-2-4-6-17)24(33)27-19(15-31)12-18-9-10-26-23(18)32/h2-8,13-15,18-20H,9-12H2,1H3,(H,26,32)(H,27,33)(H,29,34)/t18-,19?,20-/m0/s1. The van der Waals surface area contributed by atoms with Crippen LogP contribution >= 0.6 is 0 Å². The first-order chi connectivity index (χ1) is 16.4. The second kappa shape index (κ2) is 10.3. The molecule has 1 saturated heterocycles. The van der Waals surface area contributed by atoms with Gasteiger partial charge in [-0.3, -0.25) is 14.4 Å². The van der Waals surface area contributed by atoms with Crippen molar-refractivity contribution in [2.75, 3.05) is 6.54 Å². The van der Waals surface area contributed by atoms with Gasteiger partial charge in [0.2, 0.25) is 11.8 Å². The number of nitrogens with one attached hydrogen (secondary N) is 3. The Balaban J connectivity index is 1.50. The Morgan fingerprint density at radius 3 is 2.68 bits per heavy atom. The van der Waals surface area contributed by atoms with Crippen LogP contribution in [0.4, 0.5) is 0 Å². The Morgan fingerprint density at radius 2 is 1.97 bits per heavy atom. The van der Waals surface area contributed by atoms with E-state index in [1.165, 1.54) is 0 Å². The Morgan fingerprint density at radius 1 is 1.18 bits per heavy atom. The van der Waals surface area contributed by atoms with Gasteiger partial charge in [-0.25, -0.2) is 4.98 Å². The highest BCUT2D eigenvalue weighted by atomic mass is 16.2. The molecule has 1 aromatic carbocycles. The molecule has 1 aliphatic heterocycles. The molecule has 0 bridgehead atoms. The number of benzene rings is 1. The summed E-state index contributed by atoms with van der Waals surface area (Å²) in [6.45, 7) is 2.51. The van der Waals surface area contributed by atoms with E-state index in [1.807, 2.05) is 55.6 Å². The van der Waals surface area contributed by atoms with Crippen molar-refractivity contribution in [2.45, 2.75) is 38.3 Å². The first-order valence-corrected chi connectivity index (χ1v) is 11.3. The van der Waals surface area contributed by atoms with Crippen LogP contribution in [0.5, 0.6) is 0 Å². The molecule has 2 aromatic heterocycles. The number of hydrogen-bond acceptors (Lipinski definition) is 5. The Bertz CT molecular complexity index is 1210. The van der Waals surface area contributed by atoms with Gasteiger partial charge in [0.25, 0.3) is 5.91 Å². The molecular formula is C25H27N5O4. The molecule has 9 nitrogen and oxygen atoms in total. The fourth-order valence-corrected chi connectivity index (χ4v) is 4.11. The summed E-state index contributed by atoms with van der Waals surface area (Å²) in [5.41, 5.74) is 2.68. The van der Waals surface area contributed by atoms with Crippen LogP contribution in [0.15, 0.2) is 54.9 Å². The lowest BCUT2D eigenvalue weighted by Gasteiger charge is -2.21. The number of fused-ring (bicyclic) bond motifs is 1. The van der Waals surface area contributed by atoms with Crippen LogP contribution in [-0.4, -0.2) is 52.0 Å². The summed E-state index contributed by atoms with van der Waals surface area (Å²) in [5.74, 6) is -1.42. The maximum absolute atomic E-state index is 13.1. The molecule has 3 aromatic rings. The van der Waals surface area contributed by atoms with Crippen LogP contribution in [-0.2, 0) is 20.8 Å². The Labute approximate surface area is 196 Å². The molecule has 0 radical (unpaired) electrons. The molecule has 1 unspecified atom stereocenters. The molecule has 176 valence electrons. The lowest BCUT2D eigenvalue weighted by atomic mass is 9.98. The number of aromatic nitrogens is 2. The third-order valence-corrected chi connectivity index (χ3v) is 5.93. The van der Waals surface area contributed by atoms with Gasteiger partial charge in [-0.05, 0) is 37.0 Å². The van der Waals surface area contributed by atoms with Gasteiger partial charge >= 0.3 is 0 Å². The van der Waals surface area contributed by atoms with Gasteiger partial charge in [0.05, 0.1) is 6.04 Å². The zero-order chi connectivity index (χ0) is 24.1. The number of hydrogen-bond donors (Lipinski definition) is 3. The van der Waals surface area contributed by atoms with E-state index in [-0.39, 0.29) is 30.4 Å². The van der Waals surface area contributed by atoms with E-state index in [2.05, 4.69) is 20.9 Å². The molecule has 3 atom stereocenters. The van der Waals surface area contributed by atoms with E-state index in [9.17, 15) is 19.2 Å². The summed E-state index contributed by atoms with van der Waals surface area (Å²) >= 11 is 0. The van der Waals surface area contributed by atoms with Gasteiger partial charge < -0.3 is 25.1 Å². The second-order valence-electron chi connectivity index (χ2n) is 8.58. The molecule has 3 heterocycles. The van der Waals surface area contributed by atoms with Gasteiger partial charge in [-0.2, -0.15) is 0 Å². The number of carbonyl (C=O) groups is 4. The van der Waals surface area contributed by atoms with Gasteiger partial charge in [0.1, 0.15) is 23.7 Å². The van der Waals surface area contributed by atoms with Crippen molar-refractivity contribution in [3.8, 4) is 0 Å². The fourth-order valence-electron chi connectivity index (χ4n) is 4.11. The van der Waals surface area contributed by atoms with Gasteiger partial charge in [0, 0.05) is 31.3 Å². The van der Waals surface area contributed by atoms with Crippen LogP contribution in [0.3, 0.4) is 0 Å². The van der Waals surface area contributed by atoms with Crippen LogP contribution in [0, 0.1) is 12.8 Å². The molecule has 34 heavy (non-hydrogen) atoms. The largest absolute Gasteiger partial charge is 0.356 e. The number of aryl methyl sites for hydroxylation is 1. The normalized spacial score (nSPS) is 17.1. The lowest BCUT2D eigenvalue weighted by molar-refractivity contribution is -0.127. The summed E-state index contributed by atoms with van der Waals surface area (Å²) in [6, 6.07) is 11.3. The number of rotatable bonds is 9. The maximum atomic E-state index is 13.1. The molecule has 1 fully saturated rings. The zero-order valence-electron chi connectivity index (χ0n) is 18.9. The van der Waals surface area contributed by atoms with Crippen molar-refractivity contribution in [1.29, 1.82) is 0 Å². The van der Waals surface area contributed by atoms with Crippen molar-refractivity contribution in [3.05, 3.63) is 71.7 Å². The van der Waals surface area contributed by atoms with Crippen molar-refractivity contribution in [3.63, 3.8) is 0 Å². The third kappa shape index (κ3) is 5.48. The molecule has 0 spiro atoms. The molecule has 3 N–H and O–H groups in total. The first kappa shape index (κ1) is 23.2. The highest BCUT2D eigenvalue weighted by molar-refractivity contribution is 5.97. The third-order valence-electron chi connectivity index (χ3n) is 5.93. The summed E-state index contributed by atoms with van der Waals surface area (Å²) < 4.78 is 1.76. The van der Waals surface area contributed by atoms with Crippen LogP contribution in [0.1, 0.15) is 34.5 Å². The van der Waals surface area contributed by atoms with E-state index in [0.717, 1.165) is 11.1 Å². The minimum Gasteiger partial charge on any atom is -0.356 e. The predicted octanol–water partition coefficient (Wildman–Crippen LogP) is 1.19. The van der Waals surface area contributed by atoms with E-state index in [0.29, 0.717) is 24.9 Å². The number of carbonyl (C=O) groups excluding carboxylic acids is 4. The Kier molecular flexibility index (Phi) is 7.01. The van der Waals surface area contributed by atoms with Crippen LogP contribution < -0.4 is 16.0 Å². The van der Waals surface area contributed by atoms with Gasteiger partial charge in [-0.15, -0.1) is 0 Å². The van der Waals surface area contributed by atoms with Crippen LogP contribution in [0.25, 0.3) is 5.65 Å². The number of aldehydes is 1. The number of nitrogens with zero attached hydrogens (tertiary/aromatic N) is 2. The number of amides is 3. The zero-order valence-corrected chi connectivity index (χ0v) is 18.9. The molecule has 4 rings (SSSR count). The molecule has 1 aliphatic rings. The van der Waals surface area contributed by atoms with Crippen molar-refractivity contribution < 1.29 is 19.2 Å². The van der Waals surface area contributed by atoms with Gasteiger partial charge in [-0.1, -0.05) is 36.4 Å². The SMILES string of the molecule is Cc1ccc2nc(C(=O)N[C@@H](Cc3ccccc3)C(=O)NC(C=O)C[C@@H]3CCNC3=O)cn2c1. The minimum absolute atomic E-state index is 0.114. The van der Waals surface area contributed by atoms with Crippen molar-refractivity contribution in [2.24, 2.45) is 5.92 Å². The quantitative estimate of drug-likeness (QED) is 0.414. The first-order valence-electron chi connectivity index (χ1n) is 11.3. The monoisotopic (exact) mass is 461 g/mol. The highest BCUT2D eigenvalue weighted by Gasteiger charge is 2.30. The topological polar surface area (TPSA) is 122 Å². The van der Waals surface area contributed by atoms with E-state index in [4.69, 9.17) is 0 Å². The number of imidazole rings is 1. The molecular weight excluding hydrogens is 434 g/mol. The Hall–Kier alpha value is -4.01. The van der Waals surface area contributed by atoms with E-state index >= 15 is 0 Å². The second-order valence-corrected chi connectivity index (χ2v) is 8.58. The summed E-state index contributed by atoms with van der Waals surface area (Å²) in [5, 5.41) is 8.20. The average Bonchev–Trinajstić information content (AvgIpc) is 3.44. The minimum atomic E-state index is -0.929. The summed E-state index contributed by atoms with van der Waals surface area (Å²) in [4.78, 5) is 54.0. The fraction of sp³-hybridized carbons (Fsp3) is 0.320. The molecule has 0 saturated carbocycles. The summed E-state index contributed by atoms with van der Waals surface area (Å²) in [7, 11) is 0. The van der Waals surface area contributed by atoms with E-state index < -0.39 is 23.9 Å². The smallest absolute Gasteiger partial charge is 0.272 e. The van der Waals surface area contributed by atoms with Crippen molar-refractivity contribution in [1.82, 2.24) is 25.3 Å². The lowest BCUT2D eigenvalue weighted by Crippen LogP contribution is -2.51. The maximum Gasteiger partial charge on any atom is 0.272 e. The highest BCUT2D eigenvalue weighted by Crippen LogP contribution is 2.16. The molecule has 3 amide bonds. The van der Waals surface area contributed by atoms with E-state index in [1.54, 1.807) is 10.6 Å². The predicted molar refractivity (Wildman–Crippen MR) is 125 cm³/mol. The molecule has 9 heteroatoms. The average molecular weight is 462 g/mol. The van der Waals surface area contributed by atoms with Crippen LogP contribution in [0.2, 0.25) is 0 Å². The summed E-state index contributed by atoms with van der Waals surface area (Å²) in [6.07, 6.45) is 5.19. The molecule has 0 aliphatic carbocycles.